The molecule has 8 heteroatoms. The van der Waals surface area contributed by atoms with E-state index in [9.17, 15) is 0 Å². The molecule has 28 heavy (non-hydrogen) atoms. The molecule has 0 saturated heterocycles. The minimum absolute atomic E-state index is 0.613. The molecule has 0 aliphatic rings. The molecule has 0 radical (unpaired) electrons. The summed E-state index contributed by atoms with van der Waals surface area (Å²) in [5.74, 6) is 1.91. The summed E-state index contributed by atoms with van der Waals surface area (Å²) in [7, 11) is 0. The summed E-state index contributed by atoms with van der Waals surface area (Å²) in [5, 5.41) is 17.3. The minimum Gasteiger partial charge on any atom is -0.453 e. The van der Waals surface area contributed by atoms with Crippen molar-refractivity contribution in [1.29, 1.82) is 0 Å². The first kappa shape index (κ1) is 16.8. The van der Waals surface area contributed by atoms with Gasteiger partial charge in [-0.25, -0.2) is 4.68 Å². The van der Waals surface area contributed by atoms with Crippen LogP contribution in [0.5, 0.6) is 0 Å². The molecule has 0 spiro atoms. The third kappa shape index (κ3) is 3.29. The van der Waals surface area contributed by atoms with E-state index in [0.29, 0.717) is 22.5 Å². The fraction of sp³-hybridized carbons (Fsp3) is 0.100. The summed E-state index contributed by atoms with van der Waals surface area (Å²) in [4.78, 5) is 4.51. The Hall–Kier alpha value is -3.39. The minimum atomic E-state index is 0.613. The molecule has 5 aromatic rings. The number of thioether (sulfide) groups is 1. The van der Waals surface area contributed by atoms with E-state index in [1.165, 1.54) is 17.3 Å². The van der Waals surface area contributed by atoms with Crippen LogP contribution in [-0.4, -0.2) is 30.2 Å². The van der Waals surface area contributed by atoms with Crippen LogP contribution in [0.4, 0.5) is 0 Å². The number of nitrogens with one attached hydrogen (secondary N) is 1. The number of para-hydroxylation sites is 1. The Bertz CT molecular complexity index is 1200. The number of aromatic amines is 1. The zero-order chi connectivity index (χ0) is 18.9. The number of hydrogen-bond donors (Lipinski definition) is 1. The molecule has 3 aromatic heterocycles. The van der Waals surface area contributed by atoms with E-state index in [4.69, 9.17) is 4.42 Å². The molecular weight excluding hydrogens is 372 g/mol. The molecule has 3 heterocycles. The van der Waals surface area contributed by atoms with Crippen molar-refractivity contribution in [3.05, 3.63) is 72.1 Å². The van der Waals surface area contributed by atoms with Gasteiger partial charge in [-0.1, -0.05) is 52.9 Å². The first-order valence-corrected chi connectivity index (χ1v) is 9.75. The zero-order valence-corrected chi connectivity index (χ0v) is 15.8. The van der Waals surface area contributed by atoms with Crippen LogP contribution < -0.4 is 0 Å². The quantitative estimate of drug-likeness (QED) is 0.449. The van der Waals surface area contributed by atoms with Crippen molar-refractivity contribution in [3.8, 4) is 17.3 Å². The highest BCUT2D eigenvalue weighted by atomic mass is 32.2. The van der Waals surface area contributed by atoms with Gasteiger partial charge < -0.3 is 4.42 Å². The third-order valence-electron chi connectivity index (χ3n) is 4.31. The lowest BCUT2D eigenvalue weighted by atomic mass is 10.2. The second-order valence-corrected chi connectivity index (χ2v) is 7.34. The highest BCUT2D eigenvalue weighted by Crippen LogP contribution is 2.27. The van der Waals surface area contributed by atoms with Crippen molar-refractivity contribution in [3.63, 3.8) is 0 Å². The van der Waals surface area contributed by atoms with Gasteiger partial charge in [-0.05, 0) is 31.2 Å². The molecule has 0 amide bonds. The Balaban J connectivity index is 1.28. The van der Waals surface area contributed by atoms with Gasteiger partial charge in [0.1, 0.15) is 5.58 Å². The molecule has 7 nitrogen and oxygen atoms in total. The first-order valence-electron chi connectivity index (χ1n) is 8.77. The predicted molar refractivity (Wildman–Crippen MR) is 107 cm³/mol. The maximum absolute atomic E-state index is 5.82. The van der Waals surface area contributed by atoms with Gasteiger partial charge in [0.05, 0.1) is 17.6 Å². The molecule has 138 valence electrons. The van der Waals surface area contributed by atoms with Crippen LogP contribution in [0.2, 0.25) is 0 Å². The molecule has 0 aliphatic carbocycles. The molecule has 0 aliphatic heterocycles. The fourth-order valence-electron chi connectivity index (χ4n) is 2.85. The van der Waals surface area contributed by atoms with Crippen LogP contribution in [0.15, 0.2) is 70.4 Å². The van der Waals surface area contributed by atoms with Gasteiger partial charge in [0.15, 0.2) is 11.6 Å². The van der Waals surface area contributed by atoms with Crippen LogP contribution in [0.1, 0.15) is 11.3 Å². The van der Waals surface area contributed by atoms with E-state index < -0.39 is 0 Å². The van der Waals surface area contributed by atoms with Gasteiger partial charge in [0.2, 0.25) is 5.16 Å². The predicted octanol–water partition coefficient (Wildman–Crippen LogP) is 4.40. The summed E-state index contributed by atoms with van der Waals surface area (Å²) in [5.41, 5.74) is 3.89. The van der Waals surface area contributed by atoms with Gasteiger partial charge in [-0.15, -0.1) is 10.2 Å². The number of H-pyrrole nitrogens is 1. The number of benzene rings is 2. The monoisotopic (exact) mass is 388 g/mol. The summed E-state index contributed by atoms with van der Waals surface area (Å²) in [6.07, 6.45) is 1.92. The molecule has 0 atom stereocenters. The highest BCUT2D eigenvalue weighted by molar-refractivity contribution is 7.98. The Morgan fingerprint density at radius 2 is 1.96 bits per heavy atom. The van der Waals surface area contributed by atoms with Crippen molar-refractivity contribution >= 4 is 22.7 Å². The summed E-state index contributed by atoms with van der Waals surface area (Å²) in [6, 6.07) is 18.0. The molecule has 0 bridgehead atoms. The third-order valence-corrected chi connectivity index (χ3v) is 5.19. The van der Waals surface area contributed by atoms with E-state index in [1.54, 1.807) is 4.68 Å². The SMILES string of the molecule is Cc1ccc(-n2cc(CSc3n[nH]c(-c4cc5ccccc5o4)n3)nn2)cc1. The van der Waals surface area contributed by atoms with E-state index in [1.807, 2.05) is 48.7 Å². The number of aromatic nitrogens is 6. The van der Waals surface area contributed by atoms with Gasteiger partial charge in [0, 0.05) is 11.1 Å². The van der Waals surface area contributed by atoms with E-state index in [2.05, 4.69) is 44.5 Å². The Kier molecular flexibility index (Phi) is 4.17. The van der Waals surface area contributed by atoms with Crippen LogP contribution >= 0.6 is 11.8 Å². The average Bonchev–Trinajstić information content (AvgIpc) is 3.45. The van der Waals surface area contributed by atoms with Gasteiger partial charge in [0.25, 0.3) is 0 Å². The van der Waals surface area contributed by atoms with Crippen molar-refractivity contribution in [2.75, 3.05) is 0 Å². The van der Waals surface area contributed by atoms with E-state index >= 15 is 0 Å². The second kappa shape index (κ2) is 6.97. The number of furan rings is 1. The number of fused-ring (bicyclic) bond motifs is 1. The van der Waals surface area contributed by atoms with Crippen molar-refractivity contribution in [2.24, 2.45) is 0 Å². The normalized spacial score (nSPS) is 11.3. The van der Waals surface area contributed by atoms with Crippen LogP contribution in [0, 0.1) is 6.92 Å². The standard InChI is InChI=1S/C20H16N6OS/c1-13-6-8-16(9-7-13)26-11-15(22-25-26)12-28-20-21-19(23-24-20)18-10-14-4-2-3-5-17(14)27-18/h2-11H,12H2,1H3,(H,21,23,24). The highest BCUT2D eigenvalue weighted by Gasteiger charge is 2.12. The molecule has 0 saturated carbocycles. The number of nitrogens with zero attached hydrogens (tertiary/aromatic N) is 5. The van der Waals surface area contributed by atoms with Gasteiger partial charge in [-0.3, -0.25) is 5.10 Å². The smallest absolute Gasteiger partial charge is 0.209 e. The number of hydrogen-bond acceptors (Lipinski definition) is 6. The molecule has 0 unspecified atom stereocenters. The van der Waals surface area contributed by atoms with Crippen molar-refractivity contribution in [2.45, 2.75) is 17.8 Å². The first-order chi connectivity index (χ1) is 13.7. The molecule has 5 rings (SSSR count). The van der Waals surface area contributed by atoms with Crippen molar-refractivity contribution in [1.82, 2.24) is 30.2 Å². The lowest BCUT2D eigenvalue weighted by Gasteiger charge is -1.99. The Morgan fingerprint density at radius 3 is 2.82 bits per heavy atom. The molecule has 0 fully saturated rings. The lowest BCUT2D eigenvalue weighted by Crippen LogP contribution is -1.94. The molecule has 2 aromatic carbocycles. The summed E-state index contributed by atoms with van der Waals surface area (Å²) in [6.45, 7) is 2.06. The van der Waals surface area contributed by atoms with Crippen LogP contribution in [0.25, 0.3) is 28.2 Å². The van der Waals surface area contributed by atoms with Crippen LogP contribution in [0.3, 0.4) is 0 Å². The molecule has 1 N–H and O–H groups in total. The zero-order valence-electron chi connectivity index (χ0n) is 15.0. The van der Waals surface area contributed by atoms with Crippen molar-refractivity contribution < 1.29 is 4.42 Å². The Labute approximate surface area is 164 Å². The maximum Gasteiger partial charge on any atom is 0.209 e. The second-order valence-electron chi connectivity index (χ2n) is 6.39. The largest absolute Gasteiger partial charge is 0.453 e. The summed E-state index contributed by atoms with van der Waals surface area (Å²) < 4.78 is 7.59. The van der Waals surface area contributed by atoms with Gasteiger partial charge >= 0.3 is 0 Å². The lowest BCUT2D eigenvalue weighted by molar-refractivity contribution is 0.625. The summed E-state index contributed by atoms with van der Waals surface area (Å²) >= 11 is 1.50. The average molecular weight is 388 g/mol. The topological polar surface area (TPSA) is 85.4 Å². The number of aryl methyl sites for hydroxylation is 1. The van der Waals surface area contributed by atoms with E-state index in [-0.39, 0.29) is 0 Å². The fourth-order valence-corrected chi connectivity index (χ4v) is 3.52. The van der Waals surface area contributed by atoms with E-state index in [0.717, 1.165) is 22.4 Å². The Morgan fingerprint density at radius 1 is 1.11 bits per heavy atom. The number of rotatable bonds is 5. The van der Waals surface area contributed by atoms with Gasteiger partial charge in [-0.2, -0.15) is 4.98 Å². The maximum atomic E-state index is 5.82. The molecular formula is C20H16N6OS. The van der Waals surface area contributed by atoms with Crippen LogP contribution in [-0.2, 0) is 5.75 Å².